The molecule has 8 heteroatoms. The second kappa shape index (κ2) is 5.85. The van der Waals surface area contributed by atoms with Gasteiger partial charge in [-0.15, -0.1) is 0 Å². The first-order valence-corrected chi connectivity index (χ1v) is 7.75. The van der Waals surface area contributed by atoms with Gasteiger partial charge < -0.3 is 5.32 Å². The molecule has 8 nitrogen and oxygen atoms in total. The van der Waals surface area contributed by atoms with Crippen LogP contribution in [-0.2, 0) is 0 Å². The van der Waals surface area contributed by atoms with Gasteiger partial charge in [0.15, 0.2) is 0 Å². The molecule has 128 valence electrons. The number of para-hydroxylation sites is 5. The molecule has 1 aliphatic heterocycles. The summed E-state index contributed by atoms with van der Waals surface area (Å²) in [7, 11) is 0. The number of hydrogen-bond donors (Lipinski definition) is 1. The van der Waals surface area contributed by atoms with E-state index in [0.29, 0.717) is 22.7 Å². The summed E-state index contributed by atoms with van der Waals surface area (Å²) in [4.78, 5) is 23.6. The summed E-state index contributed by atoms with van der Waals surface area (Å²) in [5.41, 5.74) is 1.89. The Bertz CT molecular complexity index is 973. The zero-order chi connectivity index (χ0) is 18.3. The van der Waals surface area contributed by atoms with Crippen molar-refractivity contribution in [2.24, 2.45) is 0 Å². The van der Waals surface area contributed by atoms with Gasteiger partial charge in [-0.3, -0.25) is 25.1 Å². The molecular formula is C18H12N4O4. The van der Waals surface area contributed by atoms with Crippen LogP contribution in [-0.4, -0.2) is 9.85 Å². The van der Waals surface area contributed by atoms with Crippen LogP contribution < -0.4 is 10.2 Å². The zero-order valence-corrected chi connectivity index (χ0v) is 13.3. The quantitative estimate of drug-likeness (QED) is 0.411. The second-order valence-electron chi connectivity index (χ2n) is 5.65. The largest absolute Gasteiger partial charge is 0.352 e. The summed E-state index contributed by atoms with van der Waals surface area (Å²) in [5, 5.41) is 26.5. The molecule has 0 bridgehead atoms. The van der Waals surface area contributed by atoms with Crippen LogP contribution in [0.15, 0.2) is 66.7 Å². The lowest BCUT2D eigenvalue weighted by molar-refractivity contribution is -0.392. The third kappa shape index (κ3) is 2.32. The van der Waals surface area contributed by atoms with Gasteiger partial charge >= 0.3 is 0 Å². The normalized spacial score (nSPS) is 11.9. The maximum atomic E-state index is 11.6. The van der Waals surface area contributed by atoms with Crippen LogP contribution in [0.1, 0.15) is 0 Å². The number of anilines is 5. The van der Waals surface area contributed by atoms with Crippen molar-refractivity contribution in [3.63, 3.8) is 0 Å². The molecule has 3 aromatic rings. The van der Waals surface area contributed by atoms with Gasteiger partial charge in [-0.25, -0.2) is 0 Å². The minimum atomic E-state index is -0.602. The van der Waals surface area contributed by atoms with Crippen LogP contribution in [0.5, 0.6) is 0 Å². The Morgan fingerprint density at radius 3 is 1.62 bits per heavy atom. The molecule has 0 saturated heterocycles. The molecule has 0 spiro atoms. The van der Waals surface area contributed by atoms with Crippen LogP contribution in [0.25, 0.3) is 0 Å². The number of nitrogens with zero attached hydrogens (tertiary/aromatic N) is 3. The van der Waals surface area contributed by atoms with Gasteiger partial charge in [-0.1, -0.05) is 24.3 Å². The maximum absolute atomic E-state index is 11.6. The highest BCUT2D eigenvalue weighted by atomic mass is 16.6. The molecule has 26 heavy (non-hydrogen) atoms. The second-order valence-corrected chi connectivity index (χ2v) is 5.65. The summed E-state index contributed by atoms with van der Waals surface area (Å²) in [6.07, 6.45) is 0. The highest BCUT2D eigenvalue weighted by Gasteiger charge is 2.35. The van der Waals surface area contributed by atoms with Gasteiger partial charge in [0.2, 0.25) is 5.69 Å². The standard InChI is InChI=1S/C18H12N4O4/c23-21(24)16-10-5-11-17(22(25)26)18(16)20-14-8-3-1-6-12(14)19-13-7-2-4-9-15(13)20/h1-11,19H. The molecule has 0 fully saturated rings. The van der Waals surface area contributed by atoms with E-state index in [0.717, 1.165) is 0 Å². The van der Waals surface area contributed by atoms with E-state index in [-0.39, 0.29) is 17.1 Å². The predicted octanol–water partition coefficient (Wildman–Crippen LogP) is 5.03. The molecular weight excluding hydrogens is 336 g/mol. The van der Waals surface area contributed by atoms with Crippen molar-refractivity contribution in [2.45, 2.75) is 0 Å². The van der Waals surface area contributed by atoms with Crippen molar-refractivity contribution in [1.29, 1.82) is 0 Å². The number of rotatable bonds is 3. The first-order chi connectivity index (χ1) is 12.6. The third-order valence-electron chi connectivity index (χ3n) is 4.17. The summed E-state index contributed by atoms with van der Waals surface area (Å²) >= 11 is 0. The van der Waals surface area contributed by atoms with Crippen LogP contribution in [0.2, 0.25) is 0 Å². The molecule has 1 heterocycles. The van der Waals surface area contributed by atoms with E-state index in [1.807, 2.05) is 24.3 Å². The minimum Gasteiger partial charge on any atom is -0.352 e. The third-order valence-corrected chi connectivity index (χ3v) is 4.17. The summed E-state index contributed by atoms with van der Waals surface area (Å²) < 4.78 is 0. The van der Waals surface area contributed by atoms with E-state index < -0.39 is 9.85 Å². The van der Waals surface area contributed by atoms with E-state index in [1.54, 1.807) is 29.2 Å². The van der Waals surface area contributed by atoms with Gasteiger partial charge in [-0.2, -0.15) is 0 Å². The van der Waals surface area contributed by atoms with Crippen molar-refractivity contribution < 1.29 is 9.85 Å². The van der Waals surface area contributed by atoms with Gasteiger partial charge in [0.25, 0.3) is 11.4 Å². The average molecular weight is 348 g/mol. The fraction of sp³-hybridized carbons (Fsp3) is 0. The highest BCUT2D eigenvalue weighted by Crippen LogP contribution is 2.52. The molecule has 0 aromatic heterocycles. The molecule has 0 unspecified atom stereocenters. The first kappa shape index (κ1) is 15.6. The number of nitrogens with one attached hydrogen (secondary N) is 1. The maximum Gasteiger partial charge on any atom is 0.300 e. The summed E-state index contributed by atoms with van der Waals surface area (Å²) in [5.74, 6) is 0. The van der Waals surface area contributed by atoms with Crippen molar-refractivity contribution in [3.05, 3.63) is 87.0 Å². The van der Waals surface area contributed by atoms with Crippen LogP contribution in [0.3, 0.4) is 0 Å². The van der Waals surface area contributed by atoms with Crippen LogP contribution in [0.4, 0.5) is 39.8 Å². The Morgan fingerprint density at radius 1 is 0.692 bits per heavy atom. The summed E-state index contributed by atoms with van der Waals surface area (Å²) in [6, 6.07) is 18.2. The van der Waals surface area contributed by atoms with E-state index in [2.05, 4.69) is 5.32 Å². The molecule has 1 N–H and O–H groups in total. The molecule has 4 rings (SSSR count). The Hall–Kier alpha value is -3.94. The van der Waals surface area contributed by atoms with Crippen molar-refractivity contribution >= 4 is 39.8 Å². The predicted molar refractivity (Wildman–Crippen MR) is 97.7 cm³/mol. The number of benzene rings is 3. The molecule has 0 saturated carbocycles. The smallest absolute Gasteiger partial charge is 0.300 e. The Labute approximate surface area is 147 Å². The molecule has 0 amide bonds. The fourth-order valence-electron chi connectivity index (χ4n) is 3.11. The van der Waals surface area contributed by atoms with Crippen LogP contribution in [0, 0.1) is 20.2 Å². The van der Waals surface area contributed by atoms with Gasteiger partial charge in [0.1, 0.15) is 0 Å². The van der Waals surface area contributed by atoms with E-state index >= 15 is 0 Å². The fourth-order valence-corrected chi connectivity index (χ4v) is 3.11. The molecule has 3 aromatic carbocycles. The van der Waals surface area contributed by atoms with E-state index in [4.69, 9.17) is 0 Å². The van der Waals surface area contributed by atoms with Crippen molar-refractivity contribution in [1.82, 2.24) is 0 Å². The monoisotopic (exact) mass is 348 g/mol. The van der Waals surface area contributed by atoms with Gasteiger partial charge in [-0.05, 0) is 30.3 Å². The number of nitro benzene ring substituents is 2. The van der Waals surface area contributed by atoms with Gasteiger partial charge in [0, 0.05) is 12.1 Å². The number of fused-ring (bicyclic) bond motifs is 2. The molecule has 0 radical (unpaired) electrons. The number of hydrogen-bond acceptors (Lipinski definition) is 6. The van der Waals surface area contributed by atoms with E-state index in [9.17, 15) is 20.2 Å². The summed E-state index contributed by atoms with van der Waals surface area (Å²) in [6.45, 7) is 0. The van der Waals surface area contributed by atoms with Crippen molar-refractivity contribution in [2.75, 3.05) is 10.2 Å². The van der Waals surface area contributed by atoms with Crippen molar-refractivity contribution in [3.8, 4) is 0 Å². The van der Waals surface area contributed by atoms with Gasteiger partial charge in [0.05, 0.1) is 32.6 Å². The Morgan fingerprint density at radius 2 is 1.15 bits per heavy atom. The lowest BCUT2D eigenvalue weighted by Gasteiger charge is -2.33. The zero-order valence-electron chi connectivity index (χ0n) is 13.3. The lowest BCUT2D eigenvalue weighted by atomic mass is 10.1. The minimum absolute atomic E-state index is 0.0658. The topological polar surface area (TPSA) is 102 Å². The molecule has 0 aliphatic carbocycles. The first-order valence-electron chi connectivity index (χ1n) is 7.75. The van der Waals surface area contributed by atoms with E-state index in [1.165, 1.54) is 18.2 Å². The Balaban J connectivity index is 2.09. The molecule has 1 aliphatic rings. The Kier molecular flexibility index (Phi) is 3.51. The highest BCUT2D eigenvalue weighted by molar-refractivity contribution is 6.00. The molecule has 0 atom stereocenters. The lowest BCUT2D eigenvalue weighted by Crippen LogP contribution is -2.19. The van der Waals surface area contributed by atoms with Crippen LogP contribution >= 0.6 is 0 Å². The average Bonchev–Trinajstić information content (AvgIpc) is 2.65. The SMILES string of the molecule is O=[N+]([O-])c1cccc([N+](=O)[O-])c1N1c2ccccc2Nc2ccccc21. The number of nitro groups is 2.